The Bertz CT molecular complexity index is 752. The lowest BCUT2D eigenvalue weighted by molar-refractivity contribution is -0.0196. The van der Waals surface area contributed by atoms with Crippen molar-refractivity contribution in [3.05, 3.63) is 54.6 Å². The number of aliphatic hydroxyl groups is 3. The number of aliphatic hydroxyl groups excluding tert-OH is 3. The number of hydrogen-bond acceptors (Lipinski definition) is 6. The van der Waals surface area contributed by atoms with E-state index in [2.05, 4.69) is 4.90 Å². The van der Waals surface area contributed by atoms with Crippen LogP contribution in [0.1, 0.15) is 19.8 Å². The fourth-order valence-corrected chi connectivity index (χ4v) is 4.10. The third-order valence-electron chi connectivity index (χ3n) is 6.13. The van der Waals surface area contributed by atoms with Gasteiger partial charge in [0, 0.05) is 58.4 Å². The second-order valence-electron chi connectivity index (χ2n) is 8.17. The first-order valence-electron chi connectivity index (χ1n) is 10.5. The van der Waals surface area contributed by atoms with E-state index in [1.807, 2.05) is 92.6 Å². The topological polar surface area (TPSA) is 70.4 Å². The highest BCUT2D eigenvalue weighted by Gasteiger charge is 2.45. The molecule has 0 saturated heterocycles. The van der Waals surface area contributed by atoms with Crippen LogP contribution in [-0.4, -0.2) is 74.4 Å². The Balaban J connectivity index is 2.25. The van der Waals surface area contributed by atoms with Gasteiger partial charge >= 0.3 is 0 Å². The second kappa shape index (κ2) is 10.7. The molecule has 2 rings (SSSR count). The van der Waals surface area contributed by atoms with Crippen molar-refractivity contribution < 1.29 is 15.3 Å². The summed E-state index contributed by atoms with van der Waals surface area (Å²) in [6.07, 6.45) is -0.974. The molecule has 0 radical (unpaired) electrons. The van der Waals surface area contributed by atoms with Gasteiger partial charge in [-0.2, -0.15) is 0 Å². The first-order chi connectivity index (χ1) is 14.2. The molecular formula is C24H37N3O3. The highest BCUT2D eigenvalue weighted by Crippen LogP contribution is 2.34. The smallest absolute Gasteiger partial charge is 0.0934 e. The van der Waals surface area contributed by atoms with Gasteiger partial charge in [-0.05, 0) is 56.2 Å². The third-order valence-corrected chi connectivity index (χ3v) is 6.13. The molecule has 6 heteroatoms. The zero-order valence-electron chi connectivity index (χ0n) is 18.9. The van der Waals surface area contributed by atoms with Crippen LogP contribution in [0.15, 0.2) is 54.6 Å². The van der Waals surface area contributed by atoms with Crippen molar-refractivity contribution in [1.82, 2.24) is 0 Å². The maximum absolute atomic E-state index is 11.3. The molecule has 0 bridgehead atoms. The van der Waals surface area contributed by atoms with Crippen molar-refractivity contribution >= 4 is 17.1 Å². The zero-order chi connectivity index (χ0) is 22.3. The molecule has 0 aliphatic carbocycles. The van der Waals surface area contributed by atoms with Gasteiger partial charge in [-0.15, -0.1) is 0 Å². The van der Waals surface area contributed by atoms with Gasteiger partial charge in [-0.25, -0.2) is 0 Å². The average molecular weight is 416 g/mol. The molecule has 0 saturated carbocycles. The number of nitrogens with zero attached hydrogens (tertiary/aromatic N) is 3. The SMILES string of the molecule is CC(O)C(CCO)(C(O)CCN(C)c1ccccc1)N(C)c1ccc(N(C)C)cc1. The molecule has 0 aromatic heterocycles. The number of rotatable bonds is 11. The van der Waals surface area contributed by atoms with Crippen molar-refractivity contribution in [3.8, 4) is 0 Å². The van der Waals surface area contributed by atoms with Crippen LogP contribution >= 0.6 is 0 Å². The molecule has 30 heavy (non-hydrogen) atoms. The molecule has 2 aromatic rings. The maximum atomic E-state index is 11.3. The van der Waals surface area contributed by atoms with Crippen LogP contribution in [0.5, 0.6) is 0 Å². The van der Waals surface area contributed by atoms with Crippen molar-refractivity contribution in [3.63, 3.8) is 0 Å². The van der Waals surface area contributed by atoms with Gasteiger partial charge < -0.3 is 30.0 Å². The van der Waals surface area contributed by atoms with Gasteiger partial charge in [-0.3, -0.25) is 0 Å². The summed E-state index contributed by atoms with van der Waals surface area (Å²) in [5, 5.41) is 31.9. The zero-order valence-corrected chi connectivity index (χ0v) is 18.9. The summed E-state index contributed by atoms with van der Waals surface area (Å²) >= 11 is 0. The van der Waals surface area contributed by atoms with Crippen LogP contribution in [0.25, 0.3) is 0 Å². The van der Waals surface area contributed by atoms with E-state index < -0.39 is 17.7 Å². The Morgan fingerprint density at radius 3 is 1.90 bits per heavy atom. The second-order valence-corrected chi connectivity index (χ2v) is 8.17. The Kier molecular flexibility index (Phi) is 8.53. The Morgan fingerprint density at radius 2 is 1.40 bits per heavy atom. The molecule has 0 spiro atoms. The van der Waals surface area contributed by atoms with E-state index in [0.29, 0.717) is 13.0 Å². The van der Waals surface area contributed by atoms with Crippen molar-refractivity contribution in [2.24, 2.45) is 0 Å². The van der Waals surface area contributed by atoms with E-state index >= 15 is 0 Å². The fraction of sp³-hybridized carbons (Fsp3) is 0.500. The highest BCUT2D eigenvalue weighted by molar-refractivity contribution is 5.57. The molecule has 2 aromatic carbocycles. The molecule has 6 nitrogen and oxygen atoms in total. The van der Waals surface area contributed by atoms with Crippen molar-refractivity contribution in [2.45, 2.75) is 37.5 Å². The molecule has 0 aliphatic heterocycles. The number of hydrogen-bond donors (Lipinski definition) is 3. The lowest BCUT2D eigenvalue weighted by atomic mass is 9.80. The monoisotopic (exact) mass is 415 g/mol. The van der Waals surface area contributed by atoms with Crippen molar-refractivity contribution in [1.29, 1.82) is 0 Å². The summed E-state index contributed by atoms with van der Waals surface area (Å²) in [5.41, 5.74) is 2.01. The number of para-hydroxylation sites is 1. The summed E-state index contributed by atoms with van der Waals surface area (Å²) in [7, 11) is 7.83. The van der Waals surface area contributed by atoms with E-state index in [4.69, 9.17) is 0 Å². The van der Waals surface area contributed by atoms with Crippen LogP contribution < -0.4 is 14.7 Å². The van der Waals surface area contributed by atoms with Crippen LogP contribution in [-0.2, 0) is 0 Å². The lowest BCUT2D eigenvalue weighted by Gasteiger charge is -2.48. The standard InChI is InChI=1S/C24H37N3O3/c1-19(29)24(16-18-28,27(5)22-13-11-20(12-14-22)25(2)3)23(30)15-17-26(4)21-9-7-6-8-10-21/h6-14,19,23,28-30H,15-18H2,1-5H3. The van der Waals surface area contributed by atoms with Gasteiger partial charge in [0.25, 0.3) is 0 Å². The van der Waals surface area contributed by atoms with Crippen molar-refractivity contribution in [2.75, 3.05) is 56.0 Å². The van der Waals surface area contributed by atoms with E-state index in [9.17, 15) is 15.3 Å². The first-order valence-corrected chi connectivity index (χ1v) is 10.5. The Labute approximate surface area is 181 Å². The minimum absolute atomic E-state index is 0.128. The third kappa shape index (κ3) is 5.25. The van der Waals surface area contributed by atoms with Crippen LogP contribution in [0, 0.1) is 0 Å². The van der Waals surface area contributed by atoms with Gasteiger partial charge in [0.15, 0.2) is 0 Å². The van der Waals surface area contributed by atoms with Gasteiger partial charge in [0.2, 0.25) is 0 Å². The van der Waals surface area contributed by atoms with Gasteiger partial charge in [-0.1, -0.05) is 18.2 Å². The summed E-state index contributed by atoms with van der Waals surface area (Å²) in [6, 6.07) is 18.0. The van der Waals surface area contributed by atoms with Gasteiger partial charge in [0.1, 0.15) is 0 Å². The predicted octanol–water partition coefficient (Wildman–Crippen LogP) is 2.58. The Morgan fingerprint density at radius 1 is 0.833 bits per heavy atom. The minimum Gasteiger partial charge on any atom is -0.396 e. The molecule has 3 atom stereocenters. The van der Waals surface area contributed by atoms with E-state index in [0.717, 1.165) is 17.1 Å². The predicted molar refractivity (Wildman–Crippen MR) is 126 cm³/mol. The molecule has 0 heterocycles. The highest BCUT2D eigenvalue weighted by atomic mass is 16.3. The number of likely N-dealkylation sites (N-methyl/N-ethyl adjacent to an activating group) is 1. The quantitative estimate of drug-likeness (QED) is 0.524. The van der Waals surface area contributed by atoms with E-state index in [1.54, 1.807) is 6.92 Å². The fourth-order valence-electron chi connectivity index (χ4n) is 4.10. The van der Waals surface area contributed by atoms with Crippen LogP contribution in [0.2, 0.25) is 0 Å². The van der Waals surface area contributed by atoms with Crippen LogP contribution in [0.4, 0.5) is 17.1 Å². The number of benzene rings is 2. The molecule has 3 N–H and O–H groups in total. The average Bonchev–Trinajstić information content (AvgIpc) is 2.75. The van der Waals surface area contributed by atoms with Gasteiger partial charge in [0.05, 0.1) is 17.7 Å². The molecule has 166 valence electrons. The molecule has 3 unspecified atom stereocenters. The minimum atomic E-state index is -1.01. The molecule has 0 amide bonds. The maximum Gasteiger partial charge on any atom is 0.0934 e. The molecule has 0 fully saturated rings. The van der Waals surface area contributed by atoms with E-state index in [1.165, 1.54) is 0 Å². The summed E-state index contributed by atoms with van der Waals surface area (Å²) in [4.78, 5) is 6.02. The summed E-state index contributed by atoms with van der Waals surface area (Å²) in [5.74, 6) is 0. The largest absolute Gasteiger partial charge is 0.396 e. The summed E-state index contributed by atoms with van der Waals surface area (Å²) in [6.45, 7) is 2.18. The number of anilines is 3. The molecular weight excluding hydrogens is 378 g/mol. The lowest BCUT2D eigenvalue weighted by Crippen LogP contribution is -2.63. The van der Waals surface area contributed by atoms with E-state index in [-0.39, 0.29) is 13.0 Å². The van der Waals surface area contributed by atoms with Crippen LogP contribution in [0.3, 0.4) is 0 Å². The summed E-state index contributed by atoms with van der Waals surface area (Å²) < 4.78 is 0. The normalized spacial score (nSPS) is 15.2. The molecule has 0 aliphatic rings. The Hall–Kier alpha value is -2.28. The first kappa shape index (κ1) is 24.0.